The number of hydrogen-bond acceptors (Lipinski definition) is 2. The maximum Gasteiger partial charge on any atom is 0.169 e. The van der Waals surface area contributed by atoms with Crippen LogP contribution in [0.15, 0.2) is 23.0 Å². The van der Waals surface area contributed by atoms with Crippen LogP contribution in [0.1, 0.15) is 43.5 Å². The first-order valence-corrected chi connectivity index (χ1v) is 4.86. The minimum atomic E-state index is 0.169. The molecule has 0 saturated heterocycles. The normalized spacial score (nSPS) is 12.8. The van der Waals surface area contributed by atoms with Crippen molar-refractivity contribution in [2.45, 2.75) is 33.1 Å². The lowest BCUT2D eigenvalue weighted by Crippen LogP contribution is -2.12. The molecule has 0 aliphatic carbocycles. The molecule has 1 rings (SSSR count). The third-order valence-electron chi connectivity index (χ3n) is 2.31. The van der Waals surface area contributed by atoms with E-state index >= 15 is 0 Å². The zero-order valence-corrected chi connectivity index (χ0v) is 8.25. The van der Waals surface area contributed by atoms with Gasteiger partial charge in [0.25, 0.3) is 0 Å². The van der Waals surface area contributed by atoms with E-state index < -0.39 is 0 Å². The number of hydrogen-bond donors (Lipinski definition) is 0. The van der Waals surface area contributed by atoms with Gasteiger partial charge in [-0.2, -0.15) is 0 Å². The Bertz CT molecular complexity index is 249. The fraction of sp³-hybridized carbons (Fsp3) is 0.545. The standard InChI is InChI=1S/C11H16O2/c1-3-5-9(4-2)11(12)10-6-7-13-8-10/h6-9H,3-5H2,1-2H3. The largest absolute Gasteiger partial charge is 0.472 e. The molecular formula is C11H16O2. The highest BCUT2D eigenvalue weighted by Gasteiger charge is 2.17. The molecule has 0 fully saturated rings. The van der Waals surface area contributed by atoms with Gasteiger partial charge in [0.2, 0.25) is 0 Å². The van der Waals surface area contributed by atoms with Gasteiger partial charge < -0.3 is 4.42 Å². The van der Waals surface area contributed by atoms with Crippen LogP contribution in [0.25, 0.3) is 0 Å². The minimum Gasteiger partial charge on any atom is -0.472 e. The van der Waals surface area contributed by atoms with Gasteiger partial charge in [-0.25, -0.2) is 0 Å². The van der Waals surface area contributed by atoms with Gasteiger partial charge in [0, 0.05) is 5.92 Å². The molecule has 0 spiro atoms. The third-order valence-corrected chi connectivity index (χ3v) is 2.31. The van der Waals surface area contributed by atoms with E-state index in [1.54, 1.807) is 12.3 Å². The molecule has 0 saturated carbocycles. The quantitative estimate of drug-likeness (QED) is 0.651. The molecule has 2 heteroatoms. The van der Waals surface area contributed by atoms with Crippen LogP contribution in [-0.4, -0.2) is 5.78 Å². The molecule has 2 nitrogen and oxygen atoms in total. The first-order valence-electron chi connectivity index (χ1n) is 4.86. The molecule has 0 bridgehead atoms. The lowest BCUT2D eigenvalue weighted by atomic mass is 9.93. The molecular weight excluding hydrogens is 164 g/mol. The SMILES string of the molecule is CCCC(CC)C(=O)c1ccoc1. The second-order valence-electron chi connectivity index (χ2n) is 3.27. The van der Waals surface area contributed by atoms with Gasteiger partial charge in [0.1, 0.15) is 6.26 Å². The van der Waals surface area contributed by atoms with Crippen molar-refractivity contribution in [3.05, 3.63) is 24.2 Å². The molecule has 1 aromatic heterocycles. The Kier molecular flexibility index (Phi) is 3.74. The van der Waals surface area contributed by atoms with E-state index in [1.165, 1.54) is 6.26 Å². The zero-order valence-electron chi connectivity index (χ0n) is 8.25. The summed E-state index contributed by atoms with van der Waals surface area (Å²) in [6.45, 7) is 4.16. The Morgan fingerprint density at radius 2 is 2.31 bits per heavy atom. The Hall–Kier alpha value is -1.05. The fourth-order valence-corrected chi connectivity index (χ4v) is 1.51. The van der Waals surface area contributed by atoms with Crippen molar-refractivity contribution < 1.29 is 9.21 Å². The fourth-order valence-electron chi connectivity index (χ4n) is 1.51. The summed E-state index contributed by atoms with van der Waals surface area (Å²) in [6.07, 6.45) is 6.02. The molecule has 13 heavy (non-hydrogen) atoms. The Morgan fingerprint density at radius 1 is 1.54 bits per heavy atom. The smallest absolute Gasteiger partial charge is 0.169 e. The summed E-state index contributed by atoms with van der Waals surface area (Å²) in [5.74, 6) is 0.390. The summed E-state index contributed by atoms with van der Waals surface area (Å²) in [5.41, 5.74) is 0.709. The van der Waals surface area contributed by atoms with Crippen LogP contribution in [0.5, 0.6) is 0 Å². The average molecular weight is 180 g/mol. The number of rotatable bonds is 5. The van der Waals surface area contributed by atoms with Gasteiger partial charge in [0.05, 0.1) is 11.8 Å². The lowest BCUT2D eigenvalue weighted by Gasteiger charge is -2.10. The van der Waals surface area contributed by atoms with Crippen molar-refractivity contribution in [2.24, 2.45) is 5.92 Å². The van der Waals surface area contributed by atoms with Crippen molar-refractivity contribution in [1.29, 1.82) is 0 Å². The second-order valence-corrected chi connectivity index (χ2v) is 3.27. The summed E-state index contributed by atoms with van der Waals surface area (Å²) in [7, 11) is 0. The topological polar surface area (TPSA) is 30.2 Å². The Morgan fingerprint density at radius 3 is 2.77 bits per heavy atom. The molecule has 0 aromatic carbocycles. The molecule has 0 aliphatic heterocycles. The number of carbonyl (C=O) groups is 1. The lowest BCUT2D eigenvalue weighted by molar-refractivity contribution is 0.0908. The zero-order chi connectivity index (χ0) is 9.68. The maximum absolute atomic E-state index is 11.8. The number of carbonyl (C=O) groups excluding carboxylic acids is 1. The highest BCUT2D eigenvalue weighted by Crippen LogP contribution is 2.17. The molecule has 0 N–H and O–H groups in total. The summed E-state index contributed by atoms with van der Waals surface area (Å²) in [6, 6.07) is 1.74. The van der Waals surface area contributed by atoms with E-state index in [9.17, 15) is 4.79 Å². The molecule has 1 heterocycles. The van der Waals surface area contributed by atoms with Gasteiger partial charge >= 0.3 is 0 Å². The predicted octanol–water partition coefficient (Wildman–Crippen LogP) is 3.29. The number of Topliss-reactive ketones (excluding diaryl/α,β-unsaturated/α-hetero) is 1. The molecule has 0 aliphatic rings. The van der Waals surface area contributed by atoms with E-state index in [1.807, 2.05) is 0 Å². The molecule has 1 unspecified atom stereocenters. The average Bonchev–Trinajstić information content (AvgIpc) is 2.65. The van der Waals surface area contributed by atoms with E-state index in [4.69, 9.17) is 4.42 Å². The summed E-state index contributed by atoms with van der Waals surface area (Å²) in [5, 5.41) is 0. The van der Waals surface area contributed by atoms with Gasteiger partial charge in [-0.15, -0.1) is 0 Å². The number of furan rings is 1. The van der Waals surface area contributed by atoms with Gasteiger partial charge in [0.15, 0.2) is 5.78 Å². The molecule has 0 amide bonds. The van der Waals surface area contributed by atoms with Crippen LogP contribution in [0, 0.1) is 5.92 Å². The van der Waals surface area contributed by atoms with E-state index in [0.717, 1.165) is 19.3 Å². The van der Waals surface area contributed by atoms with Crippen molar-refractivity contribution in [3.63, 3.8) is 0 Å². The van der Waals surface area contributed by atoms with Crippen LogP contribution in [0.4, 0.5) is 0 Å². The van der Waals surface area contributed by atoms with Crippen LogP contribution in [0.3, 0.4) is 0 Å². The van der Waals surface area contributed by atoms with Crippen molar-refractivity contribution >= 4 is 5.78 Å². The van der Waals surface area contributed by atoms with Crippen LogP contribution in [0.2, 0.25) is 0 Å². The van der Waals surface area contributed by atoms with Crippen molar-refractivity contribution in [2.75, 3.05) is 0 Å². The molecule has 1 aromatic rings. The van der Waals surface area contributed by atoms with Crippen LogP contribution >= 0.6 is 0 Å². The van der Waals surface area contributed by atoms with E-state index in [0.29, 0.717) is 5.56 Å². The predicted molar refractivity (Wildman–Crippen MR) is 51.7 cm³/mol. The summed E-state index contributed by atoms with van der Waals surface area (Å²) >= 11 is 0. The van der Waals surface area contributed by atoms with Crippen molar-refractivity contribution in [3.8, 4) is 0 Å². The monoisotopic (exact) mass is 180 g/mol. The van der Waals surface area contributed by atoms with E-state index in [2.05, 4.69) is 13.8 Å². The first-order chi connectivity index (χ1) is 6.29. The molecule has 0 radical (unpaired) electrons. The summed E-state index contributed by atoms with van der Waals surface area (Å²) in [4.78, 5) is 11.8. The van der Waals surface area contributed by atoms with Gasteiger partial charge in [-0.05, 0) is 18.9 Å². The van der Waals surface area contributed by atoms with Crippen molar-refractivity contribution in [1.82, 2.24) is 0 Å². The van der Waals surface area contributed by atoms with Gasteiger partial charge in [-0.3, -0.25) is 4.79 Å². The Balaban J connectivity index is 2.65. The second kappa shape index (κ2) is 4.85. The Labute approximate surface area is 78.9 Å². The minimum absolute atomic E-state index is 0.169. The maximum atomic E-state index is 11.8. The van der Waals surface area contributed by atoms with Gasteiger partial charge in [-0.1, -0.05) is 20.3 Å². The third kappa shape index (κ3) is 2.44. The summed E-state index contributed by atoms with van der Waals surface area (Å²) < 4.78 is 4.89. The molecule has 72 valence electrons. The molecule has 1 atom stereocenters. The highest BCUT2D eigenvalue weighted by atomic mass is 16.3. The number of ketones is 1. The van der Waals surface area contributed by atoms with Crippen LogP contribution in [-0.2, 0) is 0 Å². The van der Waals surface area contributed by atoms with Crippen LogP contribution < -0.4 is 0 Å². The first kappa shape index (κ1) is 10.0. The van der Waals surface area contributed by atoms with E-state index in [-0.39, 0.29) is 11.7 Å². The highest BCUT2D eigenvalue weighted by molar-refractivity contribution is 5.97.